The Kier molecular flexibility index (Phi) is 6.81. The summed E-state index contributed by atoms with van der Waals surface area (Å²) in [5.74, 6) is -0.357. The van der Waals surface area contributed by atoms with Gasteiger partial charge in [0.2, 0.25) is 5.95 Å². The van der Waals surface area contributed by atoms with Crippen molar-refractivity contribution in [3.05, 3.63) is 57.9 Å². The zero-order valence-corrected chi connectivity index (χ0v) is 20.5. The normalized spacial score (nSPS) is 18.0. The fraction of sp³-hybridized carbons (Fsp3) is 0.462. The van der Waals surface area contributed by atoms with Gasteiger partial charge < -0.3 is 25.0 Å². The van der Waals surface area contributed by atoms with E-state index in [1.807, 2.05) is 16.7 Å². The molecule has 0 spiro atoms. The zero-order chi connectivity index (χ0) is 25.4. The molecule has 0 aliphatic carbocycles. The molecule has 0 saturated carbocycles. The standard InChI is InChI=1S/C26H31F2N5O3/c1-16(29-22-4-3-17(27)15-23(22)32-7-5-19(34)6-8-32)20-13-18(28)14-21-24(20)30-26(31(2)25(21)35)33-9-11-36-12-10-33/h3-4,13-16,19,29,34H,5-12H2,1-2H3/t16-/m1/s1. The number of halogens is 2. The molecule has 2 N–H and O–H groups in total. The first-order valence-electron chi connectivity index (χ1n) is 12.3. The number of anilines is 3. The molecule has 1 aromatic heterocycles. The maximum absolute atomic E-state index is 14.7. The highest BCUT2D eigenvalue weighted by molar-refractivity contribution is 5.83. The maximum atomic E-state index is 14.7. The Morgan fingerprint density at radius 3 is 2.50 bits per heavy atom. The van der Waals surface area contributed by atoms with Gasteiger partial charge in [0.25, 0.3) is 5.56 Å². The molecule has 36 heavy (non-hydrogen) atoms. The first-order chi connectivity index (χ1) is 17.3. The van der Waals surface area contributed by atoms with Gasteiger partial charge in [0.05, 0.1) is 47.6 Å². The summed E-state index contributed by atoms with van der Waals surface area (Å²) in [5, 5.41) is 13.5. The van der Waals surface area contributed by atoms with Gasteiger partial charge in [0.15, 0.2) is 0 Å². The van der Waals surface area contributed by atoms with Crippen LogP contribution in [0.3, 0.4) is 0 Å². The highest BCUT2D eigenvalue weighted by Crippen LogP contribution is 2.34. The van der Waals surface area contributed by atoms with Gasteiger partial charge in [-0.05, 0) is 50.1 Å². The minimum Gasteiger partial charge on any atom is -0.393 e. The number of ether oxygens (including phenoxy) is 1. The molecule has 2 aromatic carbocycles. The molecule has 2 aliphatic rings. The van der Waals surface area contributed by atoms with Crippen molar-refractivity contribution in [2.45, 2.75) is 31.9 Å². The Balaban J connectivity index is 1.54. The predicted molar refractivity (Wildman–Crippen MR) is 136 cm³/mol. The molecule has 0 unspecified atom stereocenters. The number of aromatic nitrogens is 2. The van der Waals surface area contributed by atoms with E-state index in [-0.39, 0.29) is 22.9 Å². The van der Waals surface area contributed by atoms with Crippen LogP contribution in [0.5, 0.6) is 0 Å². The third-order valence-electron chi connectivity index (χ3n) is 7.05. The summed E-state index contributed by atoms with van der Waals surface area (Å²) in [5.41, 5.74) is 2.04. The van der Waals surface area contributed by atoms with Crippen molar-refractivity contribution in [1.82, 2.24) is 9.55 Å². The number of benzene rings is 2. The lowest BCUT2D eigenvalue weighted by Crippen LogP contribution is -2.40. The smallest absolute Gasteiger partial charge is 0.262 e. The quantitative estimate of drug-likeness (QED) is 0.558. The van der Waals surface area contributed by atoms with Crippen LogP contribution in [0, 0.1) is 11.6 Å². The van der Waals surface area contributed by atoms with E-state index in [0.717, 1.165) is 0 Å². The molecule has 0 bridgehead atoms. The summed E-state index contributed by atoms with van der Waals surface area (Å²) in [7, 11) is 1.65. The summed E-state index contributed by atoms with van der Waals surface area (Å²) in [6, 6.07) is 6.72. The summed E-state index contributed by atoms with van der Waals surface area (Å²) in [4.78, 5) is 22.1. The van der Waals surface area contributed by atoms with Gasteiger partial charge in [-0.1, -0.05) is 0 Å². The highest BCUT2D eigenvalue weighted by atomic mass is 19.1. The molecule has 5 rings (SSSR count). The van der Waals surface area contributed by atoms with Crippen LogP contribution in [-0.2, 0) is 11.8 Å². The first-order valence-corrected chi connectivity index (χ1v) is 12.3. The molecule has 0 radical (unpaired) electrons. The largest absolute Gasteiger partial charge is 0.393 e. The second kappa shape index (κ2) is 10.0. The number of morpholine rings is 1. The Bertz CT molecular complexity index is 1320. The highest BCUT2D eigenvalue weighted by Gasteiger charge is 2.24. The van der Waals surface area contributed by atoms with Gasteiger partial charge >= 0.3 is 0 Å². The van der Waals surface area contributed by atoms with Gasteiger partial charge in [-0.2, -0.15) is 0 Å². The predicted octanol–water partition coefficient (Wildman–Crippen LogP) is 3.18. The van der Waals surface area contributed by atoms with Crippen LogP contribution in [0.2, 0.25) is 0 Å². The fourth-order valence-corrected chi connectivity index (χ4v) is 5.04. The van der Waals surface area contributed by atoms with E-state index in [2.05, 4.69) is 5.32 Å². The molecule has 1 atom stereocenters. The first kappa shape index (κ1) is 24.5. The molecule has 8 nitrogen and oxygen atoms in total. The van der Waals surface area contributed by atoms with Crippen molar-refractivity contribution < 1.29 is 18.6 Å². The van der Waals surface area contributed by atoms with E-state index in [4.69, 9.17) is 9.72 Å². The van der Waals surface area contributed by atoms with E-state index in [1.165, 1.54) is 28.8 Å². The van der Waals surface area contributed by atoms with E-state index >= 15 is 0 Å². The second-order valence-electron chi connectivity index (χ2n) is 9.51. The summed E-state index contributed by atoms with van der Waals surface area (Å²) in [6.45, 7) is 5.40. The van der Waals surface area contributed by atoms with Gasteiger partial charge in [-0.3, -0.25) is 9.36 Å². The van der Waals surface area contributed by atoms with Crippen LogP contribution in [0.15, 0.2) is 35.1 Å². The van der Waals surface area contributed by atoms with Crippen molar-refractivity contribution in [1.29, 1.82) is 0 Å². The fourth-order valence-electron chi connectivity index (χ4n) is 5.04. The van der Waals surface area contributed by atoms with Gasteiger partial charge in [0.1, 0.15) is 11.6 Å². The molecule has 2 saturated heterocycles. The SMILES string of the molecule is C[C@@H](Nc1ccc(F)cc1N1CCC(O)CC1)c1cc(F)cc2c(=O)n(C)c(N3CCOCC3)nc12. The van der Waals surface area contributed by atoms with E-state index in [9.17, 15) is 18.7 Å². The van der Waals surface area contributed by atoms with Crippen LogP contribution in [0.25, 0.3) is 10.9 Å². The van der Waals surface area contributed by atoms with Crippen LogP contribution >= 0.6 is 0 Å². The topological polar surface area (TPSA) is 82.9 Å². The van der Waals surface area contributed by atoms with Gasteiger partial charge in [0, 0.05) is 38.8 Å². The second-order valence-corrected chi connectivity index (χ2v) is 9.51. The summed E-state index contributed by atoms with van der Waals surface area (Å²) < 4.78 is 35.8. The van der Waals surface area contributed by atoms with Crippen molar-refractivity contribution in [3.63, 3.8) is 0 Å². The molecule has 2 fully saturated rings. The summed E-state index contributed by atoms with van der Waals surface area (Å²) in [6.07, 6.45) is 0.868. The van der Waals surface area contributed by atoms with Crippen LogP contribution in [0.4, 0.5) is 26.1 Å². The molecule has 2 aliphatic heterocycles. The number of nitrogens with zero attached hydrogens (tertiary/aromatic N) is 4. The third kappa shape index (κ3) is 4.75. The number of aliphatic hydroxyl groups excluding tert-OH is 1. The maximum Gasteiger partial charge on any atom is 0.262 e. The van der Waals surface area contributed by atoms with E-state index in [0.29, 0.717) is 80.6 Å². The number of rotatable bonds is 5. The van der Waals surface area contributed by atoms with Crippen molar-refractivity contribution >= 4 is 28.2 Å². The number of hydrogen-bond donors (Lipinski definition) is 2. The zero-order valence-electron chi connectivity index (χ0n) is 20.5. The minimum atomic E-state index is -0.520. The average molecular weight is 500 g/mol. The Labute approximate surface area is 208 Å². The number of fused-ring (bicyclic) bond motifs is 1. The van der Waals surface area contributed by atoms with E-state index in [1.54, 1.807) is 13.1 Å². The number of aliphatic hydroxyl groups is 1. The monoisotopic (exact) mass is 499 g/mol. The van der Waals surface area contributed by atoms with Crippen LogP contribution < -0.4 is 20.7 Å². The minimum absolute atomic E-state index is 0.211. The van der Waals surface area contributed by atoms with Gasteiger partial charge in [-0.25, -0.2) is 13.8 Å². The van der Waals surface area contributed by atoms with Crippen LogP contribution in [0.1, 0.15) is 31.4 Å². The average Bonchev–Trinajstić information content (AvgIpc) is 2.88. The number of hydrogen-bond acceptors (Lipinski definition) is 7. The molecule has 3 aromatic rings. The number of piperidine rings is 1. The Hall–Kier alpha value is -3.24. The lowest BCUT2D eigenvalue weighted by molar-refractivity contribution is 0.121. The molecule has 3 heterocycles. The van der Waals surface area contributed by atoms with Crippen LogP contribution in [-0.4, -0.2) is 60.2 Å². The van der Waals surface area contributed by atoms with Crippen molar-refractivity contribution in [3.8, 4) is 0 Å². The Morgan fingerprint density at radius 2 is 1.78 bits per heavy atom. The molecule has 10 heteroatoms. The molecular weight excluding hydrogens is 468 g/mol. The molecular formula is C26H31F2N5O3. The summed E-state index contributed by atoms with van der Waals surface area (Å²) >= 11 is 0. The van der Waals surface area contributed by atoms with Crippen molar-refractivity contribution in [2.75, 3.05) is 54.5 Å². The molecule has 192 valence electrons. The van der Waals surface area contributed by atoms with Gasteiger partial charge in [-0.15, -0.1) is 0 Å². The number of nitrogens with one attached hydrogen (secondary N) is 1. The Morgan fingerprint density at radius 1 is 1.06 bits per heavy atom. The lowest BCUT2D eigenvalue weighted by atomic mass is 10.0. The lowest BCUT2D eigenvalue weighted by Gasteiger charge is -2.33. The molecule has 0 amide bonds. The van der Waals surface area contributed by atoms with E-state index < -0.39 is 11.9 Å². The third-order valence-corrected chi connectivity index (χ3v) is 7.05. The van der Waals surface area contributed by atoms with Crippen molar-refractivity contribution in [2.24, 2.45) is 7.05 Å².